The van der Waals surface area contributed by atoms with Crippen LogP contribution in [0.4, 0.5) is 11.4 Å². The number of H-pyrrole nitrogens is 1. The number of aromatic hydroxyl groups is 2. The first-order valence-corrected chi connectivity index (χ1v) is 8.42. The number of non-ortho nitro benzene ring substituents is 1. The zero-order valence-corrected chi connectivity index (χ0v) is 14.5. The van der Waals surface area contributed by atoms with Crippen molar-refractivity contribution in [3.05, 3.63) is 80.5 Å². The molecule has 8 nitrogen and oxygen atoms in total. The number of aromatic nitrogens is 1. The minimum absolute atomic E-state index is 0.0682. The highest BCUT2D eigenvalue weighted by Crippen LogP contribution is 2.30. The summed E-state index contributed by atoms with van der Waals surface area (Å²) in [5, 5.41) is 34.0. The van der Waals surface area contributed by atoms with E-state index in [0.717, 1.165) is 5.56 Å². The van der Waals surface area contributed by atoms with Crippen molar-refractivity contribution in [3.8, 4) is 11.5 Å². The Morgan fingerprint density at radius 2 is 1.71 bits per heavy atom. The maximum Gasteiger partial charge on any atom is 0.293 e. The third-order valence-corrected chi connectivity index (χ3v) is 4.53. The van der Waals surface area contributed by atoms with E-state index in [-0.39, 0.29) is 33.5 Å². The molecule has 0 spiro atoms. The lowest BCUT2D eigenvalue weighted by atomic mass is 10.1. The number of phenols is 2. The normalized spacial score (nSPS) is 11.0. The molecule has 28 heavy (non-hydrogen) atoms. The van der Waals surface area contributed by atoms with Crippen LogP contribution in [0.5, 0.6) is 11.5 Å². The molecule has 3 aromatic carbocycles. The molecule has 0 saturated carbocycles. The first-order chi connectivity index (χ1) is 13.4. The van der Waals surface area contributed by atoms with Crippen molar-refractivity contribution in [2.45, 2.75) is 6.54 Å². The van der Waals surface area contributed by atoms with E-state index in [0.29, 0.717) is 17.7 Å². The van der Waals surface area contributed by atoms with Crippen LogP contribution in [-0.2, 0) is 6.54 Å². The number of nitrogens with zero attached hydrogens (tertiary/aromatic N) is 1. The molecule has 0 bridgehead atoms. The van der Waals surface area contributed by atoms with E-state index in [1.165, 1.54) is 30.3 Å². The fourth-order valence-electron chi connectivity index (χ4n) is 3.16. The van der Waals surface area contributed by atoms with Gasteiger partial charge in [0.1, 0.15) is 17.0 Å². The molecule has 0 fully saturated rings. The summed E-state index contributed by atoms with van der Waals surface area (Å²) in [4.78, 5) is 26.9. The summed E-state index contributed by atoms with van der Waals surface area (Å²) < 4.78 is 0. The zero-order chi connectivity index (χ0) is 19.8. The van der Waals surface area contributed by atoms with Crippen LogP contribution in [0.2, 0.25) is 0 Å². The monoisotopic (exact) mass is 377 g/mol. The maximum atomic E-state index is 13.1. The number of anilines is 1. The van der Waals surface area contributed by atoms with Gasteiger partial charge in [0.25, 0.3) is 5.69 Å². The van der Waals surface area contributed by atoms with Crippen LogP contribution < -0.4 is 10.7 Å². The van der Waals surface area contributed by atoms with Crippen molar-refractivity contribution in [1.29, 1.82) is 0 Å². The largest absolute Gasteiger partial charge is 0.508 e. The number of nitrogens with one attached hydrogen (secondary N) is 2. The average molecular weight is 377 g/mol. The number of rotatable bonds is 4. The van der Waals surface area contributed by atoms with Gasteiger partial charge in [-0.1, -0.05) is 12.1 Å². The second-order valence-electron chi connectivity index (χ2n) is 6.34. The Bertz CT molecular complexity index is 1280. The van der Waals surface area contributed by atoms with Crippen molar-refractivity contribution in [1.82, 2.24) is 4.98 Å². The van der Waals surface area contributed by atoms with E-state index in [2.05, 4.69) is 10.3 Å². The van der Waals surface area contributed by atoms with Crippen molar-refractivity contribution < 1.29 is 15.1 Å². The molecule has 0 atom stereocenters. The van der Waals surface area contributed by atoms with Crippen molar-refractivity contribution >= 4 is 33.2 Å². The smallest absolute Gasteiger partial charge is 0.293 e. The fourth-order valence-corrected chi connectivity index (χ4v) is 3.16. The van der Waals surface area contributed by atoms with Crippen molar-refractivity contribution in [3.63, 3.8) is 0 Å². The van der Waals surface area contributed by atoms with Crippen molar-refractivity contribution in [2.24, 2.45) is 0 Å². The first kappa shape index (κ1) is 17.3. The fraction of sp³-hybridized carbons (Fsp3) is 0.0500. The molecule has 140 valence electrons. The van der Waals surface area contributed by atoms with E-state index in [9.17, 15) is 25.1 Å². The maximum absolute atomic E-state index is 13.1. The van der Waals surface area contributed by atoms with E-state index in [4.69, 9.17) is 0 Å². The number of aromatic amines is 1. The molecule has 0 radical (unpaired) electrons. The van der Waals surface area contributed by atoms with Crippen LogP contribution in [-0.4, -0.2) is 20.1 Å². The molecule has 0 aliphatic carbocycles. The number of nitro groups is 1. The Kier molecular flexibility index (Phi) is 4.08. The number of fused-ring (bicyclic) bond motifs is 2. The lowest BCUT2D eigenvalue weighted by Gasteiger charge is -2.11. The number of nitro benzene ring substituents is 1. The summed E-state index contributed by atoms with van der Waals surface area (Å²) in [5.41, 5.74) is 1.17. The summed E-state index contributed by atoms with van der Waals surface area (Å²) in [7, 11) is 0. The van der Waals surface area contributed by atoms with Crippen LogP contribution in [0.3, 0.4) is 0 Å². The molecule has 0 unspecified atom stereocenters. The van der Waals surface area contributed by atoms with Gasteiger partial charge < -0.3 is 20.5 Å². The number of pyridine rings is 1. The van der Waals surface area contributed by atoms with Gasteiger partial charge in [-0.15, -0.1) is 0 Å². The van der Waals surface area contributed by atoms with E-state index in [1.54, 1.807) is 24.3 Å². The summed E-state index contributed by atoms with van der Waals surface area (Å²) in [6, 6.07) is 13.6. The van der Waals surface area contributed by atoms with Crippen LogP contribution in [0.25, 0.3) is 21.8 Å². The highest BCUT2D eigenvalue weighted by Gasteiger charge is 2.19. The zero-order valence-electron chi connectivity index (χ0n) is 14.5. The van der Waals surface area contributed by atoms with Crippen molar-refractivity contribution in [2.75, 3.05) is 5.32 Å². The van der Waals surface area contributed by atoms with Gasteiger partial charge in [-0.2, -0.15) is 0 Å². The van der Waals surface area contributed by atoms with Crippen LogP contribution >= 0.6 is 0 Å². The second-order valence-corrected chi connectivity index (χ2v) is 6.34. The van der Waals surface area contributed by atoms with Gasteiger partial charge in [0.2, 0.25) is 0 Å². The van der Waals surface area contributed by atoms with E-state index in [1.807, 2.05) is 0 Å². The van der Waals surface area contributed by atoms with Gasteiger partial charge >= 0.3 is 0 Å². The Labute approximate surface area is 157 Å². The quantitative estimate of drug-likeness (QED) is 0.244. The third-order valence-electron chi connectivity index (χ3n) is 4.53. The Morgan fingerprint density at radius 1 is 1.00 bits per heavy atom. The second kappa shape index (κ2) is 6.58. The minimum Gasteiger partial charge on any atom is -0.508 e. The van der Waals surface area contributed by atoms with Gasteiger partial charge in [0, 0.05) is 23.7 Å². The molecule has 4 N–H and O–H groups in total. The Hall–Kier alpha value is -4.07. The van der Waals surface area contributed by atoms with Gasteiger partial charge in [0.05, 0.1) is 15.8 Å². The Balaban J connectivity index is 1.90. The number of benzene rings is 3. The SMILES string of the molecule is O=c1c2cc(O)ccc2[nH]c2c([N+](=O)[O-])ccc(NCc3ccc(O)cc3)c12. The summed E-state index contributed by atoms with van der Waals surface area (Å²) >= 11 is 0. The van der Waals surface area contributed by atoms with Gasteiger partial charge in [-0.05, 0) is 42.0 Å². The van der Waals surface area contributed by atoms with Gasteiger partial charge in [0.15, 0.2) is 5.43 Å². The lowest BCUT2D eigenvalue weighted by molar-refractivity contribution is -0.383. The number of phenolic OH excluding ortho intramolecular Hbond substituents is 2. The molecular formula is C20H15N3O5. The molecule has 4 rings (SSSR count). The molecule has 1 aromatic heterocycles. The number of hydrogen-bond donors (Lipinski definition) is 4. The molecule has 0 saturated heterocycles. The topological polar surface area (TPSA) is 128 Å². The van der Waals surface area contributed by atoms with Gasteiger partial charge in [-0.25, -0.2) is 0 Å². The van der Waals surface area contributed by atoms with Crippen LogP contribution in [0.1, 0.15) is 5.56 Å². The molecule has 8 heteroatoms. The average Bonchev–Trinajstić information content (AvgIpc) is 2.67. The molecule has 0 aliphatic heterocycles. The summed E-state index contributed by atoms with van der Waals surface area (Å²) in [5.74, 6) is 0.0774. The first-order valence-electron chi connectivity index (χ1n) is 8.42. The number of hydrogen-bond acceptors (Lipinski definition) is 6. The third kappa shape index (κ3) is 2.96. The predicted octanol–water partition coefficient (Wildman–Crippen LogP) is 3.61. The van der Waals surface area contributed by atoms with E-state index >= 15 is 0 Å². The predicted molar refractivity (Wildman–Crippen MR) is 106 cm³/mol. The van der Waals surface area contributed by atoms with Crippen LogP contribution in [0, 0.1) is 10.1 Å². The molecular weight excluding hydrogens is 362 g/mol. The Morgan fingerprint density at radius 3 is 2.43 bits per heavy atom. The summed E-state index contributed by atoms with van der Waals surface area (Å²) in [6.45, 7) is 0.352. The lowest BCUT2D eigenvalue weighted by Crippen LogP contribution is -2.10. The van der Waals surface area contributed by atoms with E-state index < -0.39 is 10.4 Å². The van der Waals surface area contributed by atoms with Crippen LogP contribution in [0.15, 0.2) is 59.4 Å². The highest BCUT2D eigenvalue weighted by atomic mass is 16.6. The summed E-state index contributed by atoms with van der Waals surface area (Å²) in [6.07, 6.45) is 0. The molecule has 1 heterocycles. The molecule has 4 aromatic rings. The highest BCUT2D eigenvalue weighted by molar-refractivity contribution is 6.03. The molecule has 0 aliphatic rings. The minimum atomic E-state index is -0.547. The van der Waals surface area contributed by atoms with Gasteiger partial charge in [-0.3, -0.25) is 14.9 Å². The molecule has 0 amide bonds. The standard InChI is InChI=1S/C20H15N3O5/c24-12-3-1-11(2-4-12)10-21-16-7-8-17(23(27)28)19-18(16)20(26)14-9-13(25)5-6-15(14)22-19/h1-9,21,24-25H,10H2,(H,22,26).